The van der Waals surface area contributed by atoms with Gasteiger partial charge in [0.2, 0.25) is 5.89 Å². The van der Waals surface area contributed by atoms with Gasteiger partial charge in [-0.1, -0.05) is 30.3 Å². The number of aliphatic imine (C=N–C) groups is 1. The van der Waals surface area contributed by atoms with Gasteiger partial charge >= 0.3 is 0 Å². The van der Waals surface area contributed by atoms with Crippen molar-refractivity contribution in [1.82, 2.24) is 9.97 Å². The van der Waals surface area contributed by atoms with Gasteiger partial charge in [0.25, 0.3) is 0 Å². The van der Waals surface area contributed by atoms with Crippen molar-refractivity contribution < 1.29 is 9.52 Å². The summed E-state index contributed by atoms with van der Waals surface area (Å²) < 4.78 is 6.70. The molecule has 2 heterocycles. The van der Waals surface area contributed by atoms with Crippen LogP contribution in [0.15, 0.2) is 86.9 Å². The van der Waals surface area contributed by atoms with Crippen LogP contribution in [-0.4, -0.2) is 21.3 Å². The fourth-order valence-electron chi connectivity index (χ4n) is 3.21. The van der Waals surface area contributed by atoms with E-state index in [2.05, 4.69) is 30.9 Å². The maximum Gasteiger partial charge on any atom is 0.228 e. The average Bonchev–Trinajstić information content (AvgIpc) is 3.16. The quantitative estimate of drug-likeness (QED) is 0.334. The van der Waals surface area contributed by atoms with Crippen LogP contribution in [0, 0.1) is 0 Å². The summed E-state index contributed by atoms with van der Waals surface area (Å²) in [4.78, 5) is 13.3. The topological polar surface area (TPSA) is 71.5 Å². The zero-order chi connectivity index (χ0) is 19.8. The summed E-state index contributed by atoms with van der Waals surface area (Å²) in [5.74, 6) is 0.695. The first-order valence-electron chi connectivity index (χ1n) is 8.94. The number of phenols is 1. The third-order valence-corrected chi connectivity index (χ3v) is 5.05. The SMILES string of the molecule is Oc1ccc2ccccc2c1C=Nc1ccc2oc(-c3cncc(Br)c3)nc2c1. The number of aromatic hydroxyl groups is 1. The molecule has 0 aliphatic carbocycles. The Morgan fingerprint density at radius 3 is 2.79 bits per heavy atom. The predicted octanol–water partition coefficient (Wildman–Crippen LogP) is 6.26. The smallest absolute Gasteiger partial charge is 0.228 e. The molecule has 5 aromatic rings. The minimum atomic E-state index is 0.194. The highest BCUT2D eigenvalue weighted by Gasteiger charge is 2.10. The van der Waals surface area contributed by atoms with Gasteiger partial charge in [0.05, 0.1) is 11.3 Å². The van der Waals surface area contributed by atoms with Gasteiger partial charge in [0.15, 0.2) is 5.58 Å². The molecule has 0 amide bonds. The fraction of sp³-hybridized carbons (Fsp3) is 0. The molecule has 1 N–H and O–H groups in total. The lowest BCUT2D eigenvalue weighted by Crippen LogP contribution is -1.85. The van der Waals surface area contributed by atoms with Gasteiger partial charge in [-0.05, 0) is 57.0 Å². The van der Waals surface area contributed by atoms with Crippen molar-refractivity contribution in [1.29, 1.82) is 0 Å². The van der Waals surface area contributed by atoms with E-state index in [4.69, 9.17) is 4.42 Å². The van der Waals surface area contributed by atoms with Crippen LogP contribution < -0.4 is 0 Å². The van der Waals surface area contributed by atoms with Crippen LogP contribution in [0.25, 0.3) is 33.3 Å². The molecule has 5 nitrogen and oxygen atoms in total. The van der Waals surface area contributed by atoms with E-state index in [0.29, 0.717) is 22.6 Å². The molecule has 0 radical (unpaired) electrons. The number of halogens is 1. The normalized spacial score (nSPS) is 11.6. The largest absolute Gasteiger partial charge is 0.507 e. The van der Waals surface area contributed by atoms with Gasteiger partial charge in [0, 0.05) is 28.6 Å². The summed E-state index contributed by atoms with van der Waals surface area (Å²) >= 11 is 3.41. The molecule has 0 saturated heterocycles. The van der Waals surface area contributed by atoms with Gasteiger partial charge < -0.3 is 9.52 Å². The molecular formula is C23H14BrN3O2. The lowest BCUT2D eigenvalue weighted by Gasteiger charge is -2.04. The summed E-state index contributed by atoms with van der Waals surface area (Å²) in [6.07, 6.45) is 5.09. The zero-order valence-corrected chi connectivity index (χ0v) is 16.7. The van der Waals surface area contributed by atoms with E-state index in [1.54, 1.807) is 24.7 Å². The lowest BCUT2D eigenvalue weighted by atomic mass is 10.0. The number of benzene rings is 3. The van der Waals surface area contributed by atoms with E-state index < -0.39 is 0 Å². The Bertz CT molecular complexity index is 1390. The van der Waals surface area contributed by atoms with Crippen molar-refractivity contribution in [3.05, 3.63) is 83.1 Å². The second-order valence-electron chi connectivity index (χ2n) is 6.54. The molecule has 0 aliphatic rings. The number of fused-ring (bicyclic) bond motifs is 2. The van der Waals surface area contributed by atoms with Gasteiger partial charge in [-0.2, -0.15) is 0 Å². The van der Waals surface area contributed by atoms with Crippen molar-refractivity contribution in [3.8, 4) is 17.2 Å². The van der Waals surface area contributed by atoms with Crippen LogP contribution in [0.1, 0.15) is 5.56 Å². The van der Waals surface area contributed by atoms with Gasteiger partial charge in [-0.15, -0.1) is 0 Å². The molecule has 3 aromatic carbocycles. The van der Waals surface area contributed by atoms with E-state index in [0.717, 1.165) is 26.5 Å². The molecule has 0 saturated carbocycles. The molecule has 2 aromatic heterocycles. The van der Waals surface area contributed by atoms with E-state index >= 15 is 0 Å². The van der Waals surface area contributed by atoms with Crippen molar-refractivity contribution in [2.75, 3.05) is 0 Å². The number of pyridine rings is 1. The molecule has 5 rings (SSSR count). The van der Waals surface area contributed by atoms with Crippen molar-refractivity contribution in [3.63, 3.8) is 0 Å². The Balaban J connectivity index is 1.53. The summed E-state index contributed by atoms with van der Waals surface area (Å²) in [5.41, 5.74) is 3.58. The molecule has 0 bridgehead atoms. The number of aromatic nitrogens is 2. The van der Waals surface area contributed by atoms with Crippen LogP contribution in [0.2, 0.25) is 0 Å². The summed E-state index contributed by atoms with van der Waals surface area (Å²) in [7, 11) is 0. The second-order valence-corrected chi connectivity index (χ2v) is 7.46. The first kappa shape index (κ1) is 17.6. The molecule has 140 valence electrons. The minimum Gasteiger partial charge on any atom is -0.507 e. The fourth-order valence-corrected chi connectivity index (χ4v) is 3.57. The highest BCUT2D eigenvalue weighted by Crippen LogP contribution is 2.29. The Morgan fingerprint density at radius 1 is 1.00 bits per heavy atom. The second kappa shape index (κ2) is 7.14. The van der Waals surface area contributed by atoms with Crippen molar-refractivity contribution in [2.45, 2.75) is 0 Å². The molecule has 0 unspecified atom stereocenters. The first-order chi connectivity index (χ1) is 14.2. The van der Waals surface area contributed by atoms with E-state index in [1.165, 1.54) is 0 Å². The maximum absolute atomic E-state index is 10.3. The molecule has 0 fully saturated rings. The third kappa shape index (κ3) is 3.39. The number of hydrogen-bond acceptors (Lipinski definition) is 5. The van der Waals surface area contributed by atoms with Crippen LogP contribution in [0.4, 0.5) is 5.69 Å². The van der Waals surface area contributed by atoms with E-state index in [1.807, 2.05) is 54.6 Å². The van der Waals surface area contributed by atoms with Crippen LogP contribution in [0.3, 0.4) is 0 Å². The van der Waals surface area contributed by atoms with Gasteiger partial charge in [-0.25, -0.2) is 4.98 Å². The van der Waals surface area contributed by atoms with Crippen molar-refractivity contribution in [2.24, 2.45) is 4.99 Å². The van der Waals surface area contributed by atoms with Gasteiger partial charge in [-0.3, -0.25) is 9.98 Å². The molecule has 0 atom stereocenters. The number of phenolic OH excluding ortho intramolecular Hbond substituents is 1. The number of oxazole rings is 1. The maximum atomic E-state index is 10.3. The Labute approximate surface area is 174 Å². The Morgan fingerprint density at radius 2 is 1.90 bits per heavy atom. The predicted molar refractivity (Wildman–Crippen MR) is 118 cm³/mol. The molecule has 6 heteroatoms. The number of hydrogen-bond donors (Lipinski definition) is 1. The number of nitrogens with zero attached hydrogens (tertiary/aromatic N) is 3. The van der Waals surface area contributed by atoms with Crippen LogP contribution in [-0.2, 0) is 0 Å². The molecule has 0 spiro atoms. The molecular weight excluding hydrogens is 430 g/mol. The molecule has 29 heavy (non-hydrogen) atoms. The third-order valence-electron chi connectivity index (χ3n) is 4.61. The summed E-state index contributed by atoms with van der Waals surface area (Å²) in [6.45, 7) is 0. The standard InChI is InChI=1S/C23H14BrN3O2/c24-16-9-15(11-25-12-16)23-27-20-10-17(6-8-22(20)29-23)26-13-19-18-4-2-1-3-14(18)5-7-21(19)28/h1-13,28H. The average molecular weight is 444 g/mol. The van der Waals surface area contributed by atoms with E-state index in [9.17, 15) is 5.11 Å². The zero-order valence-electron chi connectivity index (χ0n) is 15.1. The number of rotatable bonds is 3. The Hall–Kier alpha value is -3.51. The van der Waals surface area contributed by atoms with Crippen LogP contribution in [0.5, 0.6) is 5.75 Å². The summed E-state index contributed by atoms with van der Waals surface area (Å²) in [5, 5.41) is 12.3. The van der Waals surface area contributed by atoms with Gasteiger partial charge in [0.1, 0.15) is 11.3 Å². The monoisotopic (exact) mass is 443 g/mol. The Kier molecular flexibility index (Phi) is 4.33. The van der Waals surface area contributed by atoms with E-state index in [-0.39, 0.29) is 5.75 Å². The van der Waals surface area contributed by atoms with Crippen LogP contribution >= 0.6 is 15.9 Å². The highest BCUT2D eigenvalue weighted by molar-refractivity contribution is 9.10. The van der Waals surface area contributed by atoms with Crippen molar-refractivity contribution >= 4 is 49.7 Å². The first-order valence-corrected chi connectivity index (χ1v) is 9.73. The molecule has 0 aliphatic heterocycles. The lowest BCUT2D eigenvalue weighted by molar-refractivity contribution is 0.475. The minimum absolute atomic E-state index is 0.194. The summed E-state index contributed by atoms with van der Waals surface area (Å²) in [6, 6.07) is 18.9. The highest BCUT2D eigenvalue weighted by atomic mass is 79.9.